The number of rotatable bonds is 2. The first kappa shape index (κ1) is 12.6. The SMILES string of the molecule is Nc1ccc(Br)c(C(=O)Nc2nc3c(s2)CCC3)c1. The van der Waals surface area contributed by atoms with Crippen molar-refractivity contribution in [2.45, 2.75) is 19.3 Å². The van der Waals surface area contributed by atoms with E-state index in [2.05, 4.69) is 26.2 Å². The number of nitrogens with two attached hydrogens (primary N) is 1. The quantitative estimate of drug-likeness (QED) is 0.826. The number of nitrogens with zero attached hydrogens (tertiary/aromatic N) is 1. The van der Waals surface area contributed by atoms with Crippen molar-refractivity contribution in [1.29, 1.82) is 0 Å². The van der Waals surface area contributed by atoms with Gasteiger partial charge >= 0.3 is 0 Å². The number of aromatic nitrogens is 1. The van der Waals surface area contributed by atoms with Gasteiger partial charge in [0.25, 0.3) is 5.91 Å². The molecule has 1 aromatic carbocycles. The van der Waals surface area contributed by atoms with Crippen LogP contribution in [0.1, 0.15) is 27.3 Å². The maximum Gasteiger partial charge on any atom is 0.258 e. The van der Waals surface area contributed by atoms with Gasteiger partial charge in [-0.2, -0.15) is 0 Å². The Labute approximate surface area is 123 Å². The summed E-state index contributed by atoms with van der Waals surface area (Å²) in [4.78, 5) is 17.9. The van der Waals surface area contributed by atoms with Gasteiger partial charge in [-0.05, 0) is 53.4 Å². The third-order valence-electron chi connectivity index (χ3n) is 3.05. The molecule has 0 atom stereocenters. The molecule has 1 aliphatic rings. The molecule has 0 saturated carbocycles. The first-order valence-corrected chi connectivity index (χ1v) is 7.59. The van der Waals surface area contributed by atoms with Crippen molar-refractivity contribution in [3.05, 3.63) is 38.8 Å². The van der Waals surface area contributed by atoms with Gasteiger partial charge in [-0.15, -0.1) is 11.3 Å². The van der Waals surface area contributed by atoms with Crippen molar-refractivity contribution in [3.8, 4) is 0 Å². The number of benzene rings is 1. The number of thiazole rings is 1. The molecule has 0 bridgehead atoms. The molecule has 1 aromatic heterocycles. The zero-order valence-electron chi connectivity index (χ0n) is 10.1. The molecule has 0 unspecified atom stereocenters. The number of nitrogen functional groups attached to an aromatic ring is 1. The number of nitrogens with one attached hydrogen (secondary N) is 1. The predicted molar refractivity (Wildman–Crippen MR) is 80.6 cm³/mol. The molecule has 1 aliphatic carbocycles. The highest BCUT2D eigenvalue weighted by atomic mass is 79.9. The molecule has 2 aromatic rings. The Kier molecular flexibility index (Phi) is 3.28. The van der Waals surface area contributed by atoms with Crippen LogP contribution >= 0.6 is 27.3 Å². The summed E-state index contributed by atoms with van der Waals surface area (Å²) in [7, 11) is 0. The van der Waals surface area contributed by atoms with Crippen molar-refractivity contribution in [3.63, 3.8) is 0 Å². The lowest BCUT2D eigenvalue weighted by Gasteiger charge is -2.05. The van der Waals surface area contributed by atoms with Gasteiger partial charge in [0.1, 0.15) is 0 Å². The fourth-order valence-electron chi connectivity index (χ4n) is 2.13. The molecule has 98 valence electrons. The summed E-state index contributed by atoms with van der Waals surface area (Å²) >= 11 is 4.92. The second-order valence-corrected chi connectivity index (χ2v) is 6.37. The average Bonchev–Trinajstić information content (AvgIpc) is 2.92. The Morgan fingerprint density at radius 2 is 2.26 bits per heavy atom. The largest absolute Gasteiger partial charge is 0.399 e. The molecule has 6 heteroatoms. The zero-order chi connectivity index (χ0) is 13.4. The third kappa shape index (κ3) is 2.50. The Balaban J connectivity index is 1.82. The van der Waals surface area contributed by atoms with E-state index >= 15 is 0 Å². The lowest BCUT2D eigenvalue weighted by molar-refractivity contribution is 0.102. The maximum atomic E-state index is 12.2. The molecule has 4 nitrogen and oxygen atoms in total. The minimum absolute atomic E-state index is 0.188. The first-order chi connectivity index (χ1) is 9.13. The second-order valence-electron chi connectivity index (χ2n) is 4.44. The standard InChI is InChI=1S/C13H12BrN3OS/c14-9-5-4-7(15)6-8(9)12(18)17-13-16-10-2-1-3-11(10)19-13/h4-6H,1-3,15H2,(H,16,17,18). The monoisotopic (exact) mass is 337 g/mol. The van der Waals surface area contributed by atoms with Crippen LogP contribution in [-0.2, 0) is 12.8 Å². The van der Waals surface area contributed by atoms with Crippen molar-refractivity contribution >= 4 is 44.0 Å². The van der Waals surface area contributed by atoms with Gasteiger partial charge in [-0.1, -0.05) is 0 Å². The number of anilines is 2. The van der Waals surface area contributed by atoms with Crippen molar-refractivity contribution in [2.24, 2.45) is 0 Å². The third-order valence-corrected chi connectivity index (χ3v) is 4.82. The molecule has 3 rings (SSSR count). The molecule has 0 radical (unpaired) electrons. The van der Waals surface area contributed by atoms with Crippen LogP contribution in [0.4, 0.5) is 10.8 Å². The van der Waals surface area contributed by atoms with E-state index in [0.29, 0.717) is 16.4 Å². The normalized spacial score (nSPS) is 13.3. The lowest BCUT2D eigenvalue weighted by Crippen LogP contribution is -2.12. The Morgan fingerprint density at radius 3 is 3.05 bits per heavy atom. The van der Waals surface area contributed by atoms with E-state index in [1.165, 1.54) is 11.3 Å². The number of aryl methyl sites for hydroxylation is 2. The van der Waals surface area contributed by atoms with Crippen LogP contribution in [0.2, 0.25) is 0 Å². The molecule has 1 amide bonds. The van der Waals surface area contributed by atoms with Crippen LogP contribution in [0, 0.1) is 0 Å². The molecule has 3 N–H and O–H groups in total. The Morgan fingerprint density at radius 1 is 1.42 bits per heavy atom. The number of hydrogen-bond donors (Lipinski definition) is 2. The van der Waals surface area contributed by atoms with Crippen molar-refractivity contribution < 1.29 is 4.79 Å². The molecule has 19 heavy (non-hydrogen) atoms. The van der Waals surface area contributed by atoms with E-state index in [4.69, 9.17) is 5.73 Å². The van der Waals surface area contributed by atoms with Gasteiger partial charge in [0.15, 0.2) is 5.13 Å². The highest BCUT2D eigenvalue weighted by Crippen LogP contribution is 2.31. The fraction of sp³-hybridized carbons (Fsp3) is 0.231. The van der Waals surface area contributed by atoms with Crippen LogP contribution in [-0.4, -0.2) is 10.9 Å². The summed E-state index contributed by atoms with van der Waals surface area (Å²) in [6.45, 7) is 0. The van der Waals surface area contributed by atoms with E-state index in [1.54, 1.807) is 29.5 Å². The number of halogens is 1. The van der Waals surface area contributed by atoms with E-state index in [9.17, 15) is 4.79 Å². The fourth-order valence-corrected chi connectivity index (χ4v) is 3.60. The van der Waals surface area contributed by atoms with Crippen molar-refractivity contribution in [1.82, 2.24) is 4.98 Å². The molecule has 0 aliphatic heterocycles. The predicted octanol–water partition coefficient (Wildman–Crippen LogP) is 3.23. The average molecular weight is 338 g/mol. The number of fused-ring (bicyclic) bond motifs is 1. The van der Waals surface area contributed by atoms with Crippen LogP contribution in [0.5, 0.6) is 0 Å². The summed E-state index contributed by atoms with van der Waals surface area (Å²) in [6, 6.07) is 5.17. The second kappa shape index (κ2) is 4.94. The number of carbonyl (C=O) groups excluding carboxylic acids is 1. The minimum Gasteiger partial charge on any atom is -0.399 e. The summed E-state index contributed by atoms with van der Waals surface area (Å²) in [5.41, 5.74) is 7.92. The first-order valence-electron chi connectivity index (χ1n) is 5.98. The molecule has 1 heterocycles. The zero-order valence-corrected chi connectivity index (χ0v) is 12.5. The van der Waals surface area contributed by atoms with Gasteiger partial charge in [-0.25, -0.2) is 4.98 Å². The Bertz CT molecular complexity index is 632. The molecule has 0 spiro atoms. The summed E-state index contributed by atoms with van der Waals surface area (Å²) in [5.74, 6) is -0.188. The number of hydrogen-bond acceptors (Lipinski definition) is 4. The summed E-state index contributed by atoms with van der Waals surface area (Å²) in [5, 5.41) is 3.51. The summed E-state index contributed by atoms with van der Waals surface area (Å²) in [6.07, 6.45) is 3.26. The van der Waals surface area contributed by atoms with Gasteiger partial charge in [0.05, 0.1) is 11.3 Å². The number of amides is 1. The lowest BCUT2D eigenvalue weighted by atomic mass is 10.2. The topological polar surface area (TPSA) is 68.0 Å². The smallest absolute Gasteiger partial charge is 0.258 e. The Hall–Kier alpha value is -1.40. The molecule has 0 saturated heterocycles. The van der Waals surface area contributed by atoms with Crippen LogP contribution in [0.15, 0.2) is 22.7 Å². The van der Waals surface area contributed by atoms with E-state index < -0.39 is 0 Å². The van der Waals surface area contributed by atoms with E-state index in [1.807, 2.05) is 0 Å². The van der Waals surface area contributed by atoms with E-state index in [0.717, 1.165) is 23.0 Å². The highest BCUT2D eigenvalue weighted by Gasteiger charge is 2.19. The van der Waals surface area contributed by atoms with Gasteiger partial charge < -0.3 is 5.73 Å². The number of carbonyl (C=O) groups is 1. The maximum absolute atomic E-state index is 12.2. The van der Waals surface area contributed by atoms with E-state index in [-0.39, 0.29) is 5.91 Å². The van der Waals surface area contributed by atoms with Gasteiger partial charge in [-0.3, -0.25) is 10.1 Å². The molecule has 0 fully saturated rings. The van der Waals surface area contributed by atoms with Crippen LogP contribution < -0.4 is 11.1 Å². The summed E-state index contributed by atoms with van der Waals surface area (Å²) < 4.78 is 0.725. The van der Waals surface area contributed by atoms with Crippen LogP contribution in [0.25, 0.3) is 0 Å². The minimum atomic E-state index is -0.188. The highest BCUT2D eigenvalue weighted by molar-refractivity contribution is 9.10. The molecular formula is C13H12BrN3OS. The van der Waals surface area contributed by atoms with Crippen LogP contribution in [0.3, 0.4) is 0 Å². The van der Waals surface area contributed by atoms with Gasteiger partial charge in [0.2, 0.25) is 0 Å². The molecular weight excluding hydrogens is 326 g/mol. The van der Waals surface area contributed by atoms with Crippen molar-refractivity contribution in [2.75, 3.05) is 11.1 Å². The van der Waals surface area contributed by atoms with Gasteiger partial charge in [0, 0.05) is 15.0 Å².